The molecule has 0 bridgehead atoms. The Labute approximate surface area is 112 Å². The average molecular weight is 258 g/mol. The first kappa shape index (κ1) is 14.7. The van der Waals surface area contributed by atoms with E-state index in [1.54, 1.807) is 0 Å². The van der Waals surface area contributed by atoms with Gasteiger partial charge in [-0.15, -0.1) is 0 Å². The fourth-order valence-electron chi connectivity index (χ4n) is 1.41. The van der Waals surface area contributed by atoms with Gasteiger partial charge in [-0.2, -0.15) is 0 Å². The lowest BCUT2D eigenvalue weighted by atomic mass is 10.1. The van der Waals surface area contributed by atoms with Crippen molar-refractivity contribution in [2.24, 2.45) is 5.73 Å². The SMILES string of the molecule is N[C@@H](Cc1ccccc1)C(=O)O.Nc1ccccc1. The molecular weight excluding hydrogens is 240 g/mol. The maximum atomic E-state index is 10.4. The van der Waals surface area contributed by atoms with Crippen molar-refractivity contribution < 1.29 is 9.90 Å². The van der Waals surface area contributed by atoms with Crippen LogP contribution >= 0.6 is 0 Å². The molecule has 0 heterocycles. The molecule has 0 saturated heterocycles. The predicted octanol–water partition coefficient (Wildman–Crippen LogP) is 1.91. The number of hydrogen-bond donors (Lipinski definition) is 3. The standard InChI is InChI=1S/C9H11NO2.C6H7N/c10-8(9(11)12)6-7-4-2-1-3-5-7;7-6-4-2-1-3-5-6/h1-5,8H,6,10H2,(H,11,12);1-5H,7H2/t8-;/m0./s1. The first-order valence-corrected chi connectivity index (χ1v) is 5.92. The van der Waals surface area contributed by atoms with Crippen LogP contribution in [0, 0.1) is 0 Å². The number of nitrogen functional groups attached to an aromatic ring is 1. The summed E-state index contributed by atoms with van der Waals surface area (Å²) in [4.78, 5) is 10.4. The number of hydrogen-bond acceptors (Lipinski definition) is 3. The van der Waals surface area contributed by atoms with Crippen LogP contribution in [0.2, 0.25) is 0 Å². The van der Waals surface area contributed by atoms with E-state index in [9.17, 15) is 4.79 Å². The molecule has 0 unspecified atom stereocenters. The summed E-state index contributed by atoms with van der Waals surface area (Å²) in [7, 11) is 0. The van der Waals surface area contributed by atoms with E-state index in [-0.39, 0.29) is 0 Å². The molecule has 100 valence electrons. The number of carbonyl (C=O) groups is 1. The van der Waals surface area contributed by atoms with Gasteiger partial charge in [-0.1, -0.05) is 48.5 Å². The Morgan fingerprint density at radius 2 is 1.47 bits per heavy atom. The largest absolute Gasteiger partial charge is 0.480 e. The Kier molecular flexibility index (Phi) is 6.12. The Hall–Kier alpha value is -2.33. The molecule has 4 nitrogen and oxygen atoms in total. The second-order valence-electron chi connectivity index (χ2n) is 4.05. The summed E-state index contributed by atoms with van der Waals surface area (Å²) in [6.07, 6.45) is 0.385. The van der Waals surface area contributed by atoms with Crippen molar-refractivity contribution in [1.82, 2.24) is 0 Å². The molecule has 1 atom stereocenters. The smallest absolute Gasteiger partial charge is 0.320 e. The summed E-state index contributed by atoms with van der Waals surface area (Å²) in [5, 5.41) is 8.52. The van der Waals surface area contributed by atoms with Gasteiger partial charge in [0.25, 0.3) is 0 Å². The van der Waals surface area contributed by atoms with Crippen LogP contribution in [0.1, 0.15) is 5.56 Å². The number of aliphatic carboxylic acids is 1. The second kappa shape index (κ2) is 7.89. The molecule has 5 N–H and O–H groups in total. The highest BCUT2D eigenvalue weighted by Gasteiger charge is 2.10. The van der Waals surface area contributed by atoms with E-state index in [0.29, 0.717) is 6.42 Å². The van der Waals surface area contributed by atoms with Crippen molar-refractivity contribution in [3.8, 4) is 0 Å². The van der Waals surface area contributed by atoms with Crippen molar-refractivity contribution >= 4 is 11.7 Å². The topological polar surface area (TPSA) is 89.3 Å². The first-order valence-electron chi connectivity index (χ1n) is 5.92. The Morgan fingerprint density at radius 3 is 1.84 bits per heavy atom. The fourth-order valence-corrected chi connectivity index (χ4v) is 1.41. The zero-order valence-corrected chi connectivity index (χ0v) is 10.6. The third-order valence-electron chi connectivity index (χ3n) is 2.42. The van der Waals surface area contributed by atoms with Crippen LogP contribution in [0.25, 0.3) is 0 Å². The van der Waals surface area contributed by atoms with E-state index in [4.69, 9.17) is 16.6 Å². The van der Waals surface area contributed by atoms with E-state index < -0.39 is 12.0 Å². The van der Waals surface area contributed by atoms with Crippen LogP contribution in [0.15, 0.2) is 60.7 Å². The summed E-state index contributed by atoms with van der Waals surface area (Å²) in [5.74, 6) is -0.959. The summed E-state index contributed by atoms with van der Waals surface area (Å²) in [5.41, 5.74) is 12.5. The minimum atomic E-state index is -0.959. The third kappa shape index (κ3) is 6.24. The van der Waals surface area contributed by atoms with Crippen LogP contribution in [0.5, 0.6) is 0 Å². The molecule has 2 rings (SSSR count). The zero-order chi connectivity index (χ0) is 14.1. The minimum absolute atomic E-state index is 0.385. The highest BCUT2D eigenvalue weighted by Crippen LogP contribution is 2.01. The third-order valence-corrected chi connectivity index (χ3v) is 2.42. The molecular formula is C15H18N2O2. The number of rotatable bonds is 3. The van der Waals surface area contributed by atoms with Crippen molar-refractivity contribution in [2.45, 2.75) is 12.5 Å². The van der Waals surface area contributed by atoms with Gasteiger partial charge in [-0.05, 0) is 24.1 Å². The van der Waals surface area contributed by atoms with Gasteiger partial charge in [-0.25, -0.2) is 0 Å². The molecule has 0 aliphatic heterocycles. The number of carboxylic acid groups (broad SMARTS) is 1. The molecule has 2 aromatic carbocycles. The Bertz CT molecular complexity index is 486. The van der Waals surface area contributed by atoms with Crippen molar-refractivity contribution in [3.63, 3.8) is 0 Å². The highest BCUT2D eigenvalue weighted by molar-refractivity contribution is 5.73. The normalized spacial score (nSPS) is 11.0. The van der Waals surface area contributed by atoms with Gasteiger partial charge in [0.2, 0.25) is 0 Å². The maximum Gasteiger partial charge on any atom is 0.320 e. The zero-order valence-electron chi connectivity index (χ0n) is 10.6. The number of benzene rings is 2. The van der Waals surface area contributed by atoms with Crippen molar-refractivity contribution in [3.05, 3.63) is 66.2 Å². The minimum Gasteiger partial charge on any atom is -0.480 e. The van der Waals surface area contributed by atoms with E-state index >= 15 is 0 Å². The summed E-state index contributed by atoms with van der Waals surface area (Å²) >= 11 is 0. The maximum absolute atomic E-state index is 10.4. The molecule has 0 saturated carbocycles. The number of nitrogens with two attached hydrogens (primary N) is 2. The molecule has 0 radical (unpaired) electrons. The van der Waals surface area contributed by atoms with Gasteiger partial charge in [-0.3, -0.25) is 4.79 Å². The van der Waals surface area contributed by atoms with Crippen LogP contribution < -0.4 is 11.5 Å². The van der Waals surface area contributed by atoms with Gasteiger partial charge in [0.1, 0.15) is 6.04 Å². The monoisotopic (exact) mass is 258 g/mol. The molecule has 0 fully saturated rings. The van der Waals surface area contributed by atoms with E-state index in [1.165, 1.54) is 0 Å². The fraction of sp³-hybridized carbons (Fsp3) is 0.133. The number of para-hydroxylation sites is 1. The average Bonchev–Trinajstić information content (AvgIpc) is 2.41. The van der Waals surface area contributed by atoms with Crippen LogP contribution in [-0.2, 0) is 11.2 Å². The van der Waals surface area contributed by atoms with Crippen LogP contribution in [-0.4, -0.2) is 17.1 Å². The van der Waals surface area contributed by atoms with Gasteiger partial charge < -0.3 is 16.6 Å². The lowest BCUT2D eigenvalue weighted by Crippen LogP contribution is -2.32. The molecule has 0 aromatic heterocycles. The number of carboxylic acids is 1. The summed E-state index contributed by atoms with van der Waals surface area (Å²) < 4.78 is 0. The lowest BCUT2D eigenvalue weighted by molar-refractivity contribution is -0.138. The Morgan fingerprint density at radius 1 is 1.00 bits per heavy atom. The first-order chi connectivity index (χ1) is 9.09. The highest BCUT2D eigenvalue weighted by atomic mass is 16.4. The van der Waals surface area contributed by atoms with Gasteiger partial charge in [0, 0.05) is 5.69 Å². The van der Waals surface area contributed by atoms with E-state index in [0.717, 1.165) is 11.3 Å². The summed E-state index contributed by atoms with van der Waals surface area (Å²) in [6.45, 7) is 0. The Balaban J connectivity index is 0.000000218. The predicted molar refractivity (Wildman–Crippen MR) is 76.6 cm³/mol. The molecule has 4 heteroatoms. The van der Waals surface area contributed by atoms with Crippen LogP contribution in [0.3, 0.4) is 0 Å². The molecule has 19 heavy (non-hydrogen) atoms. The van der Waals surface area contributed by atoms with Gasteiger partial charge >= 0.3 is 5.97 Å². The summed E-state index contributed by atoms with van der Waals surface area (Å²) in [6, 6.07) is 18.0. The molecule has 0 amide bonds. The van der Waals surface area contributed by atoms with Gasteiger partial charge in [0.15, 0.2) is 0 Å². The second-order valence-corrected chi connectivity index (χ2v) is 4.05. The molecule has 0 aliphatic rings. The molecule has 0 aliphatic carbocycles. The van der Waals surface area contributed by atoms with Crippen LogP contribution in [0.4, 0.5) is 5.69 Å². The molecule has 0 spiro atoms. The van der Waals surface area contributed by atoms with E-state index in [2.05, 4.69) is 0 Å². The van der Waals surface area contributed by atoms with Crippen molar-refractivity contribution in [2.75, 3.05) is 5.73 Å². The quantitative estimate of drug-likeness (QED) is 0.734. The van der Waals surface area contributed by atoms with Gasteiger partial charge in [0.05, 0.1) is 0 Å². The van der Waals surface area contributed by atoms with E-state index in [1.807, 2.05) is 60.7 Å². The molecule has 2 aromatic rings. The van der Waals surface area contributed by atoms with Crippen molar-refractivity contribution in [1.29, 1.82) is 0 Å². The number of anilines is 1. The lowest BCUT2D eigenvalue weighted by Gasteiger charge is -2.04.